The topological polar surface area (TPSA) is 167 Å². The van der Waals surface area contributed by atoms with Gasteiger partial charge in [-0.2, -0.15) is 0 Å². The van der Waals surface area contributed by atoms with E-state index in [4.69, 9.17) is 22.7 Å². The minimum atomic E-state index is -1.24. The molecule has 0 spiro atoms. The molecule has 224 valence electrons. The summed E-state index contributed by atoms with van der Waals surface area (Å²) in [5, 5.41) is 21.5. The number of fused-ring (bicyclic) bond motifs is 5. The van der Waals surface area contributed by atoms with Crippen molar-refractivity contribution in [3.8, 4) is 28.6 Å². The number of carbonyl (C=O) groups excluding carboxylic acids is 1. The number of para-hydroxylation sites is 1. The maximum absolute atomic E-state index is 13.4. The molecule has 0 fully saturated rings. The van der Waals surface area contributed by atoms with Gasteiger partial charge in [-0.15, -0.1) is 0 Å². The Hall–Kier alpha value is -6.10. The lowest BCUT2D eigenvalue weighted by atomic mass is 9.95. The van der Waals surface area contributed by atoms with Crippen LogP contribution in [0.1, 0.15) is 41.0 Å². The third-order valence-corrected chi connectivity index (χ3v) is 7.54. The van der Waals surface area contributed by atoms with Crippen LogP contribution >= 0.6 is 0 Å². The molecule has 1 aliphatic heterocycles. The molecule has 3 aromatic carbocycles. The number of phenolic OH excluding ortho intramolecular Hbond substituents is 2. The number of benzene rings is 3. The Morgan fingerprint density at radius 1 is 0.800 bits per heavy atom. The van der Waals surface area contributed by atoms with Gasteiger partial charge in [0.15, 0.2) is 17.1 Å². The van der Waals surface area contributed by atoms with Crippen molar-refractivity contribution in [3.05, 3.63) is 132 Å². The maximum Gasteiger partial charge on any atom is 0.339 e. The zero-order valence-corrected chi connectivity index (χ0v) is 23.5. The highest BCUT2D eigenvalue weighted by Crippen LogP contribution is 2.44. The number of rotatable bonds is 5. The van der Waals surface area contributed by atoms with E-state index in [0.717, 1.165) is 0 Å². The Morgan fingerprint density at radius 2 is 1.56 bits per heavy atom. The fraction of sp³-hybridized carbons (Fsp3) is 0.118. The number of hydrogen-bond acceptors (Lipinski definition) is 11. The number of aromatic hydroxyl groups is 2. The van der Waals surface area contributed by atoms with E-state index in [1.54, 1.807) is 30.3 Å². The van der Waals surface area contributed by atoms with Gasteiger partial charge in [-0.25, -0.2) is 14.4 Å². The summed E-state index contributed by atoms with van der Waals surface area (Å²) in [6, 6.07) is 18.5. The van der Waals surface area contributed by atoms with Crippen molar-refractivity contribution >= 4 is 27.9 Å². The van der Waals surface area contributed by atoms with E-state index in [2.05, 4.69) is 0 Å². The van der Waals surface area contributed by atoms with Gasteiger partial charge in [0, 0.05) is 36.4 Å². The Morgan fingerprint density at radius 3 is 2.38 bits per heavy atom. The predicted octanol–water partition coefficient (Wildman–Crippen LogP) is 5.07. The molecule has 0 aliphatic carbocycles. The standard InChI is InChI=1S/C34H22O11/c1-16(35)41-34-23-13-20(12-19-15-28(38)42-27-7-3-5-24(36)30(19)27)33(40)45-31(23)22-11-17(8-9-26(22)43-34)10-18-14-29(39)44-32-21(18)4-2-6-25(32)37/h2-9,11,13-15,34,36-37H,10,12H2,1H3. The van der Waals surface area contributed by atoms with Crippen LogP contribution in [-0.2, 0) is 22.4 Å². The Kier molecular flexibility index (Phi) is 6.51. The first-order chi connectivity index (χ1) is 21.6. The highest BCUT2D eigenvalue weighted by atomic mass is 16.7. The molecule has 4 heterocycles. The van der Waals surface area contributed by atoms with E-state index in [-0.39, 0.29) is 57.8 Å². The van der Waals surface area contributed by atoms with Crippen molar-refractivity contribution in [1.82, 2.24) is 0 Å². The van der Waals surface area contributed by atoms with Gasteiger partial charge in [0.2, 0.25) is 0 Å². The summed E-state index contributed by atoms with van der Waals surface area (Å²) in [5.41, 5.74) is 0.677. The van der Waals surface area contributed by atoms with Gasteiger partial charge >= 0.3 is 22.8 Å². The van der Waals surface area contributed by atoms with Crippen molar-refractivity contribution in [2.24, 2.45) is 0 Å². The predicted molar refractivity (Wildman–Crippen MR) is 159 cm³/mol. The average Bonchev–Trinajstić information content (AvgIpc) is 2.98. The molecule has 45 heavy (non-hydrogen) atoms. The Balaban J connectivity index is 1.33. The fourth-order valence-electron chi connectivity index (χ4n) is 5.65. The second-order valence-electron chi connectivity index (χ2n) is 10.6. The monoisotopic (exact) mass is 606 g/mol. The van der Waals surface area contributed by atoms with E-state index in [1.165, 1.54) is 49.4 Å². The molecule has 0 amide bonds. The van der Waals surface area contributed by atoms with Crippen molar-refractivity contribution in [1.29, 1.82) is 0 Å². The maximum atomic E-state index is 13.4. The minimum Gasteiger partial charge on any atom is -0.507 e. The van der Waals surface area contributed by atoms with Gasteiger partial charge in [-0.1, -0.05) is 24.3 Å². The molecule has 1 atom stereocenters. The molecule has 0 saturated heterocycles. The highest BCUT2D eigenvalue weighted by Gasteiger charge is 2.32. The lowest BCUT2D eigenvalue weighted by Crippen LogP contribution is -2.22. The van der Waals surface area contributed by atoms with Gasteiger partial charge in [0.1, 0.15) is 17.1 Å². The molecule has 0 radical (unpaired) electrons. The summed E-state index contributed by atoms with van der Waals surface area (Å²) in [6.07, 6.45) is -1.08. The van der Waals surface area contributed by atoms with Gasteiger partial charge in [0.05, 0.1) is 16.5 Å². The summed E-state index contributed by atoms with van der Waals surface area (Å²) in [5.74, 6) is -0.509. The molecule has 0 saturated carbocycles. The van der Waals surface area contributed by atoms with Crippen LogP contribution in [0.25, 0.3) is 33.3 Å². The van der Waals surface area contributed by atoms with E-state index >= 15 is 0 Å². The number of hydrogen-bond donors (Lipinski definition) is 2. The van der Waals surface area contributed by atoms with Gasteiger partial charge in [-0.3, -0.25) is 4.79 Å². The molecule has 7 rings (SSSR count). The third kappa shape index (κ3) is 4.99. The smallest absolute Gasteiger partial charge is 0.339 e. The molecule has 3 aromatic heterocycles. The van der Waals surface area contributed by atoms with Gasteiger partial charge in [0.25, 0.3) is 6.29 Å². The molecule has 2 N–H and O–H groups in total. The lowest BCUT2D eigenvalue weighted by molar-refractivity contribution is -0.162. The Bertz CT molecular complexity index is 2360. The first kappa shape index (κ1) is 27.7. The minimum absolute atomic E-state index is 0.0756. The van der Waals surface area contributed by atoms with E-state index in [1.807, 2.05) is 0 Å². The van der Waals surface area contributed by atoms with Crippen molar-refractivity contribution in [2.75, 3.05) is 0 Å². The summed E-state index contributed by atoms with van der Waals surface area (Å²) >= 11 is 0. The SMILES string of the molecule is CC(=O)OC1Oc2ccc(Cc3cc(=O)oc4c(O)cccc34)cc2-c2oc(=O)c(Cc3cc(=O)oc4cccc(O)c34)cc21. The van der Waals surface area contributed by atoms with Crippen LogP contribution in [0, 0.1) is 0 Å². The van der Waals surface area contributed by atoms with Crippen LogP contribution in [0.2, 0.25) is 0 Å². The second-order valence-corrected chi connectivity index (χ2v) is 10.6. The van der Waals surface area contributed by atoms with Crippen LogP contribution in [0.3, 0.4) is 0 Å². The molecule has 6 aromatic rings. The van der Waals surface area contributed by atoms with Crippen LogP contribution in [-0.4, -0.2) is 16.2 Å². The number of esters is 1. The molecular formula is C34H22O11. The summed E-state index contributed by atoms with van der Waals surface area (Å²) in [6.45, 7) is 1.22. The van der Waals surface area contributed by atoms with E-state index in [9.17, 15) is 29.4 Å². The normalized spacial score (nSPS) is 13.7. The number of carbonyl (C=O) groups is 1. The van der Waals surface area contributed by atoms with Crippen LogP contribution in [0.4, 0.5) is 0 Å². The Labute approximate surface area is 252 Å². The third-order valence-electron chi connectivity index (χ3n) is 7.54. The molecule has 11 nitrogen and oxygen atoms in total. The highest BCUT2D eigenvalue weighted by molar-refractivity contribution is 5.87. The fourth-order valence-corrected chi connectivity index (χ4v) is 5.65. The van der Waals surface area contributed by atoms with Crippen molar-refractivity contribution in [3.63, 3.8) is 0 Å². The summed E-state index contributed by atoms with van der Waals surface area (Å²) < 4.78 is 27.7. The quantitative estimate of drug-likeness (QED) is 0.199. The van der Waals surface area contributed by atoms with Gasteiger partial charge < -0.3 is 32.9 Å². The lowest BCUT2D eigenvalue weighted by Gasteiger charge is -2.27. The van der Waals surface area contributed by atoms with E-state index < -0.39 is 29.1 Å². The van der Waals surface area contributed by atoms with Crippen LogP contribution in [0.15, 0.2) is 100 Å². The van der Waals surface area contributed by atoms with E-state index in [0.29, 0.717) is 33.4 Å². The second kappa shape index (κ2) is 10.6. The van der Waals surface area contributed by atoms with Crippen molar-refractivity contribution in [2.45, 2.75) is 26.1 Å². The van der Waals surface area contributed by atoms with Crippen LogP contribution < -0.4 is 21.6 Å². The molecule has 11 heteroatoms. The van der Waals surface area contributed by atoms with Gasteiger partial charge in [-0.05, 0) is 59.5 Å². The summed E-state index contributed by atoms with van der Waals surface area (Å²) in [7, 11) is 0. The van der Waals surface area contributed by atoms with Crippen molar-refractivity contribution < 1.29 is 37.7 Å². The largest absolute Gasteiger partial charge is 0.507 e. The molecule has 1 unspecified atom stereocenters. The number of ether oxygens (including phenoxy) is 2. The number of phenols is 2. The zero-order valence-electron chi connectivity index (χ0n) is 23.5. The first-order valence-corrected chi connectivity index (χ1v) is 13.8. The molecule has 0 bridgehead atoms. The first-order valence-electron chi connectivity index (χ1n) is 13.8. The summed E-state index contributed by atoms with van der Waals surface area (Å²) in [4.78, 5) is 49.9. The van der Waals surface area contributed by atoms with Crippen LogP contribution in [0.5, 0.6) is 17.2 Å². The molecular weight excluding hydrogens is 584 g/mol. The average molecular weight is 607 g/mol. The zero-order chi connectivity index (χ0) is 31.4. The molecule has 1 aliphatic rings.